The van der Waals surface area contributed by atoms with Crippen molar-refractivity contribution in [1.82, 2.24) is 4.90 Å². The van der Waals surface area contributed by atoms with Crippen LogP contribution >= 0.6 is 0 Å². The van der Waals surface area contributed by atoms with Gasteiger partial charge in [-0.15, -0.1) is 0 Å². The molecule has 1 aromatic rings. The lowest BCUT2D eigenvalue weighted by molar-refractivity contribution is -0.137. The van der Waals surface area contributed by atoms with Crippen LogP contribution in [0.3, 0.4) is 0 Å². The SMILES string of the molecule is N#CC(C(N)=O)C1CCC(CCN2CCN(c3cc(F)cc(C(F)(F)F)c3)CC2)CC1. The summed E-state index contributed by atoms with van der Waals surface area (Å²) in [6, 6.07) is 4.72. The highest BCUT2D eigenvalue weighted by molar-refractivity contribution is 5.79. The van der Waals surface area contributed by atoms with E-state index in [1.54, 1.807) is 4.90 Å². The minimum Gasteiger partial charge on any atom is -0.369 e. The zero-order valence-electron chi connectivity index (χ0n) is 17.4. The number of piperazine rings is 1. The molecule has 1 heterocycles. The van der Waals surface area contributed by atoms with Gasteiger partial charge in [0.2, 0.25) is 5.91 Å². The average molecular weight is 440 g/mol. The first-order valence-electron chi connectivity index (χ1n) is 10.7. The number of nitrogens with two attached hydrogens (primary N) is 1. The molecular weight excluding hydrogens is 412 g/mol. The van der Waals surface area contributed by atoms with E-state index in [2.05, 4.69) is 4.90 Å². The molecule has 0 bridgehead atoms. The summed E-state index contributed by atoms with van der Waals surface area (Å²) in [5.74, 6) is -1.52. The number of anilines is 1. The number of rotatable bonds is 6. The summed E-state index contributed by atoms with van der Waals surface area (Å²) >= 11 is 0. The number of nitrogens with zero attached hydrogens (tertiary/aromatic N) is 3. The van der Waals surface area contributed by atoms with E-state index >= 15 is 0 Å². The fraction of sp³-hybridized carbons (Fsp3) is 0.636. The summed E-state index contributed by atoms with van der Waals surface area (Å²) in [7, 11) is 0. The van der Waals surface area contributed by atoms with Crippen molar-refractivity contribution in [2.75, 3.05) is 37.6 Å². The number of halogens is 4. The highest BCUT2D eigenvalue weighted by Gasteiger charge is 2.33. The van der Waals surface area contributed by atoms with Gasteiger partial charge in [-0.05, 0) is 55.8 Å². The first-order valence-corrected chi connectivity index (χ1v) is 10.7. The zero-order chi connectivity index (χ0) is 22.6. The van der Waals surface area contributed by atoms with E-state index in [-0.39, 0.29) is 11.6 Å². The Labute approximate surface area is 179 Å². The van der Waals surface area contributed by atoms with Gasteiger partial charge in [0.25, 0.3) is 0 Å². The van der Waals surface area contributed by atoms with Gasteiger partial charge in [0.1, 0.15) is 11.7 Å². The third kappa shape index (κ3) is 6.10. The lowest BCUT2D eigenvalue weighted by Gasteiger charge is -2.37. The molecule has 0 spiro atoms. The minimum absolute atomic E-state index is 0.0511. The van der Waals surface area contributed by atoms with Gasteiger partial charge in [-0.2, -0.15) is 18.4 Å². The summed E-state index contributed by atoms with van der Waals surface area (Å²) in [4.78, 5) is 15.5. The van der Waals surface area contributed by atoms with Gasteiger partial charge < -0.3 is 10.6 Å². The van der Waals surface area contributed by atoms with Crippen molar-refractivity contribution < 1.29 is 22.4 Å². The first kappa shape index (κ1) is 23.3. The summed E-state index contributed by atoms with van der Waals surface area (Å²) in [5, 5.41) is 9.12. The number of hydrogen-bond acceptors (Lipinski definition) is 4. The molecule has 1 aliphatic heterocycles. The topological polar surface area (TPSA) is 73.4 Å². The van der Waals surface area contributed by atoms with Crippen LogP contribution < -0.4 is 10.6 Å². The first-order chi connectivity index (χ1) is 14.7. The summed E-state index contributed by atoms with van der Waals surface area (Å²) in [6.07, 6.45) is 0.0573. The van der Waals surface area contributed by atoms with E-state index in [0.29, 0.717) is 38.2 Å². The highest BCUT2D eigenvalue weighted by Crippen LogP contribution is 2.35. The van der Waals surface area contributed by atoms with Crippen molar-refractivity contribution in [3.8, 4) is 6.07 Å². The Kier molecular flexibility index (Phi) is 7.42. The van der Waals surface area contributed by atoms with E-state index in [9.17, 15) is 22.4 Å². The van der Waals surface area contributed by atoms with Crippen molar-refractivity contribution in [1.29, 1.82) is 5.26 Å². The van der Waals surface area contributed by atoms with E-state index in [0.717, 1.165) is 50.8 Å². The number of carbonyl (C=O) groups is 1. The van der Waals surface area contributed by atoms with Crippen molar-refractivity contribution in [3.63, 3.8) is 0 Å². The summed E-state index contributed by atoms with van der Waals surface area (Å²) in [6.45, 7) is 3.43. The third-order valence-electron chi connectivity index (χ3n) is 6.61. The molecule has 0 aromatic heterocycles. The van der Waals surface area contributed by atoms with Crippen molar-refractivity contribution >= 4 is 11.6 Å². The largest absolute Gasteiger partial charge is 0.416 e. The second-order valence-corrected chi connectivity index (χ2v) is 8.60. The molecule has 31 heavy (non-hydrogen) atoms. The Morgan fingerprint density at radius 2 is 1.77 bits per heavy atom. The van der Waals surface area contributed by atoms with Gasteiger partial charge in [0, 0.05) is 31.9 Å². The fourth-order valence-electron chi connectivity index (χ4n) is 4.73. The average Bonchev–Trinajstić information content (AvgIpc) is 2.73. The lowest BCUT2D eigenvalue weighted by atomic mass is 9.75. The highest BCUT2D eigenvalue weighted by atomic mass is 19.4. The maximum absolute atomic E-state index is 13.7. The Morgan fingerprint density at radius 1 is 1.13 bits per heavy atom. The van der Waals surface area contributed by atoms with E-state index in [4.69, 9.17) is 11.0 Å². The standard InChI is InChI=1S/C22H28F4N4O/c23-18-11-17(22(24,25)26)12-19(13-18)30-9-7-29(8-10-30)6-5-15-1-3-16(4-2-15)20(14-27)21(28)31/h11-13,15-16,20H,1-10H2,(H2,28,31). The predicted octanol–water partition coefficient (Wildman–Crippen LogP) is 3.79. The number of amides is 1. The minimum atomic E-state index is -4.57. The molecule has 5 nitrogen and oxygen atoms in total. The van der Waals surface area contributed by atoms with Crippen LogP contribution in [0, 0.1) is 34.9 Å². The van der Waals surface area contributed by atoms with Gasteiger partial charge in [0.05, 0.1) is 11.6 Å². The lowest BCUT2D eigenvalue weighted by Crippen LogP contribution is -2.47. The van der Waals surface area contributed by atoms with Crippen LogP contribution in [-0.2, 0) is 11.0 Å². The number of primary amides is 1. The Hall–Kier alpha value is -2.34. The Balaban J connectivity index is 1.44. The second-order valence-electron chi connectivity index (χ2n) is 8.60. The number of hydrogen-bond donors (Lipinski definition) is 1. The van der Waals surface area contributed by atoms with E-state index < -0.39 is 29.4 Å². The molecule has 1 unspecified atom stereocenters. The smallest absolute Gasteiger partial charge is 0.369 e. The molecule has 1 atom stereocenters. The third-order valence-corrected chi connectivity index (χ3v) is 6.61. The molecule has 0 radical (unpaired) electrons. The van der Waals surface area contributed by atoms with Crippen molar-refractivity contribution in [2.24, 2.45) is 23.5 Å². The van der Waals surface area contributed by atoms with E-state index in [1.165, 1.54) is 0 Å². The summed E-state index contributed by atoms with van der Waals surface area (Å²) < 4.78 is 52.5. The van der Waals surface area contributed by atoms with Gasteiger partial charge in [0.15, 0.2) is 0 Å². The van der Waals surface area contributed by atoms with Crippen molar-refractivity contribution in [2.45, 2.75) is 38.3 Å². The number of nitriles is 1. The predicted molar refractivity (Wildman–Crippen MR) is 108 cm³/mol. The molecule has 9 heteroatoms. The van der Waals surface area contributed by atoms with Crippen LogP contribution in [0.25, 0.3) is 0 Å². The molecule has 1 saturated heterocycles. The quantitative estimate of drug-likeness (QED) is 0.683. The molecule has 1 aliphatic carbocycles. The fourth-order valence-corrected chi connectivity index (χ4v) is 4.73. The molecule has 1 saturated carbocycles. The van der Waals surface area contributed by atoms with Crippen LogP contribution in [-0.4, -0.2) is 43.5 Å². The molecule has 2 fully saturated rings. The second kappa shape index (κ2) is 9.86. The molecule has 1 aromatic carbocycles. The molecule has 2 aliphatic rings. The molecule has 3 rings (SSSR count). The van der Waals surface area contributed by atoms with Crippen LogP contribution in [0.5, 0.6) is 0 Å². The zero-order valence-corrected chi connectivity index (χ0v) is 17.4. The monoisotopic (exact) mass is 440 g/mol. The van der Waals surface area contributed by atoms with Crippen LogP contribution in [0.4, 0.5) is 23.2 Å². The maximum Gasteiger partial charge on any atom is 0.416 e. The van der Waals surface area contributed by atoms with Gasteiger partial charge in [-0.3, -0.25) is 9.69 Å². The molecule has 2 N–H and O–H groups in total. The van der Waals surface area contributed by atoms with Gasteiger partial charge in [-0.1, -0.05) is 12.8 Å². The van der Waals surface area contributed by atoms with Crippen LogP contribution in [0.1, 0.15) is 37.7 Å². The Morgan fingerprint density at radius 3 is 2.32 bits per heavy atom. The van der Waals surface area contributed by atoms with Crippen LogP contribution in [0.2, 0.25) is 0 Å². The molecular formula is C22H28F4N4O. The van der Waals surface area contributed by atoms with Crippen molar-refractivity contribution in [3.05, 3.63) is 29.6 Å². The summed E-state index contributed by atoms with van der Waals surface area (Å²) in [5.41, 5.74) is 4.62. The number of benzene rings is 1. The normalized spacial score (nSPS) is 23.9. The number of alkyl halides is 3. The molecule has 1 amide bonds. The number of carbonyl (C=O) groups excluding carboxylic acids is 1. The maximum atomic E-state index is 13.7. The Bertz CT molecular complexity index is 807. The van der Waals surface area contributed by atoms with E-state index in [1.807, 2.05) is 6.07 Å². The van der Waals surface area contributed by atoms with Gasteiger partial charge >= 0.3 is 6.18 Å². The van der Waals surface area contributed by atoms with Crippen LogP contribution in [0.15, 0.2) is 18.2 Å². The molecule has 170 valence electrons. The van der Waals surface area contributed by atoms with Gasteiger partial charge in [-0.25, -0.2) is 4.39 Å².